The number of hydrogen-bond donors (Lipinski definition) is 0. The first-order chi connectivity index (χ1) is 10.2. The van der Waals surface area contributed by atoms with Crippen LogP contribution in [0, 0.1) is 0 Å². The van der Waals surface area contributed by atoms with Gasteiger partial charge >= 0.3 is 15.5 Å². The Bertz CT molecular complexity index is 672. The predicted octanol–water partition coefficient (Wildman–Crippen LogP) is 1.51. The Hall–Kier alpha value is -1.61. The summed E-state index contributed by atoms with van der Waals surface area (Å²) in [6.45, 7) is -0.411. The van der Waals surface area contributed by atoms with Crippen LogP contribution in [0.25, 0.3) is 0 Å². The maximum Gasteiger partial charge on any atom is 0.511 e. The number of fused-ring (bicyclic) bond motifs is 1. The second kappa shape index (κ2) is 5.88. The molecular weight excluding hydrogens is 323 g/mol. The number of carbonyl (C=O) groups is 1. The molecule has 5 nitrogen and oxygen atoms in total. The van der Waals surface area contributed by atoms with Crippen molar-refractivity contribution in [3.8, 4) is 5.75 Å². The standard InChI is InChI=1S/C13H14F3NO4S/c1-21-12-3-2-9-6-11(8-18)17(5-4-10(9)7-12)22(19,20)13(14,15)16/h2-3,7-8,11H,4-6H2,1H3. The third kappa shape index (κ3) is 2.95. The highest BCUT2D eigenvalue weighted by Crippen LogP contribution is 2.31. The molecule has 122 valence electrons. The van der Waals surface area contributed by atoms with E-state index in [2.05, 4.69) is 0 Å². The highest BCUT2D eigenvalue weighted by Gasteiger charge is 2.52. The van der Waals surface area contributed by atoms with Crippen molar-refractivity contribution in [3.05, 3.63) is 29.3 Å². The Balaban J connectivity index is 2.41. The smallest absolute Gasteiger partial charge is 0.497 e. The third-order valence-electron chi connectivity index (χ3n) is 3.57. The first kappa shape index (κ1) is 16.8. The van der Waals surface area contributed by atoms with Crippen LogP contribution in [0.5, 0.6) is 5.75 Å². The molecule has 22 heavy (non-hydrogen) atoms. The molecule has 0 amide bonds. The van der Waals surface area contributed by atoms with Crippen LogP contribution in [0.1, 0.15) is 11.1 Å². The fraction of sp³-hybridized carbons (Fsp3) is 0.462. The van der Waals surface area contributed by atoms with Crippen molar-refractivity contribution >= 4 is 16.3 Å². The number of alkyl halides is 3. The lowest BCUT2D eigenvalue weighted by molar-refractivity contribution is -0.111. The van der Waals surface area contributed by atoms with Crippen LogP contribution in [0.2, 0.25) is 0 Å². The average molecular weight is 337 g/mol. The molecule has 0 fully saturated rings. The molecular formula is C13H14F3NO4S. The summed E-state index contributed by atoms with van der Waals surface area (Å²) in [7, 11) is -4.10. The van der Waals surface area contributed by atoms with Crippen molar-refractivity contribution in [2.45, 2.75) is 24.4 Å². The molecule has 1 unspecified atom stereocenters. The van der Waals surface area contributed by atoms with Crippen molar-refractivity contribution in [2.75, 3.05) is 13.7 Å². The number of halogens is 3. The number of sulfonamides is 1. The summed E-state index contributed by atoms with van der Waals surface area (Å²) in [5, 5.41) is 0. The normalized spacial score (nSPS) is 20.1. The number of methoxy groups -OCH3 is 1. The van der Waals surface area contributed by atoms with Crippen molar-refractivity contribution < 1.29 is 31.1 Å². The molecule has 9 heteroatoms. The van der Waals surface area contributed by atoms with Gasteiger partial charge in [0.1, 0.15) is 12.0 Å². The van der Waals surface area contributed by atoms with Crippen molar-refractivity contribution in [3.63, 3.8) is 0 Å². The molecule has 0 N–H and O–H groups in total. The quantitative estimate of drug-likeness (QED) is 0.785. The van der Waals surface area contributed by atoms with Crippen LogP contribution >= 0.6 is 0 Å². The molecule has 1 aromatic rings. The summed E-state index contributed by atoms with van der Waals surface area (Å²) in [5.41, 5.74) is -4.12. The van der Waals surface area contributed by atoms with Crippen LogP contribution in [-0.2, 0) is 27.7 Å². The molecule has 1 aromatic carbocycles. The van der Waals surface area contributed by atoms with Crippen LogP contribution in [-0.4, -0.2) is 44.2 Å². The number of hydrogen-bond acceptors (Lipinski definition) is 4. The van der Waals surface area contributed by atoms with E-state index < -0.39 is 28.1 Å². The van der Waals surface area contributed by atoms with Gasteiger partial charge in [0.25, 0.3) is 0 Å². The van der Waals surface area contributed by atoms with E-state index in [1.807, 2.05) is 0 Å². The second-order valence-electron chi connectivity index (χ2n) is 4.85. The number of rotatable bonds is 3. The zero-order valence-corrected chi connectivity index (χ0v) is 12.4. The largest absolute Gasteiger partial charge is 0.511 e. The van der Waals surface area contributed by atoms with Gasteiger partial charge in [-0.15, -0.1) is 0 Å². The summed E-state index contributed by atoms with van der Waals surface area (Å²) in [6.07, 6.45) is 0.215. The maximum absolute atomic E-state index is 12.7. The minimum absolute atomic E-state index is 0.0756. The predicted molar refractivity (Wildman–Crippen MR) is 71.9 cm³/mol. The molecule has 1 atom stereocenters. The summed E-state index contributed by atoms with van der Waals surface area (Å²) >= 11 is 0. The van der Waals surface area contributed by atoms with Gasteiger partial charge in [0.05, 0.1) is 13.2 Å². The van der Waals surface area contributed by atoms with Crippen molar-refractivity contribution in [2.24, 2.45) is 0 Å². The van der Waals surface area contributed by atoms with E-state index in [0.717, 1.165) is 0 Å². The minimum atomic E-state index is -5.55. The molecule has 0 aromatic heterocycles. The lowest BCUT2D eigenvalue weighted by Crippen LogP contribution is -2.48. The molecule has 0 saturated carbocycles. The lowest BCUT2D eigenvalue weighted by Gasteiger charge is -2.25. The van der Waals surface area contributed by atoms with Crippen molar-refractivity contribution in [1.29, 1.82) is 0 Å². The van der Waals surface area contributed by atoms with Gasteiger partial charge < -0.3 is 9.53 Å². The Labute approximate surface area is 125 Å². The number of aldehydes is 1. The SMILES string of the molecule is COc1ccc2c(c1)CCN(S(=O)(=O)C(F)(F)F)C(C=O)C2. The van der Waals surface area contributed by atoms with Crippen LogP contribution < -0.4 is 4.74 Å². The first-order valence-corrected chi connectivity index (χ1v) is 7.84. The van der Waals surface area contributed by atoms with Gasteiger partial charge in [-0.25, -0.2) is 8.42 Å². The summed E-state index contributed by atoms with van der Waals surface area (Å²) in [5.74, 6) is 0.522. The van der Waals surface area contributed by atoms with Gasteiger partial charge in [0.2, 0.25) is 0 Å². The van der Waals surface area contributed by atoms with Gasteiger partial charge in [0, 0.05) is 6.54 Å². The Morgan fingerprint density at radius 3 is 2.55 bits per heavy atom. The van der Waals surface area contributed by atoms with E-state index in [1.165, 1.54) is 7.11 Å². The topological polar surface area (TPSA) is 63.7 Å². The molecule has 1 aliphatic rings. The summed E-state index contributed by atoms with van der Waals surface area (Å²) in [4.78, 5) is 11.1. The number of carbonyl (C=O) groups excluding carboxylic acids is 1. The molecule has 2 rings (SSSR count). The Morgan fingerprint density at radius 1 is 1.32 bits per heavy atom. The molecule has 0 aliphatic carbocycles. The molecule has 0 bridgehead atoms. The van der Waals surface area contributed by atoms with E-state index in [4.69, 9.17) is 4.74 Å². The Morgan fingerprint density at radius 2 is 2.00 bits per heavy atom. The van der Waals surface area contributed by atoms with Crippen LogP contribution in [0.15, 0.2) is 18.2 Å². The van der Waals surface area contributed by atoms with Gasteiger partial charge in [-0.1, -0.05) is 6.07 Å². The number of benzene rings is 1. The van der Waals surface area contributed by atoms with Gasteiger partial charge in [-0.3, -0.25) is 0 Å². The molecule has 0 spiro atoms. The lowest BCUT2D eigenvalue weighted by atomic mass is 10.0. The first-order valence-electron chi connectivity index (χ1n) is 6.40. The monoisotopic (exact) mass is 337 g/mol. The number of ether oxygens (including phenoxy) is 1. The van der Waals surface area contributed by atoms with E-state index in [0.29, 0.717) is 16.9 Å². The van der Waals surface area contributed by atoms with E-state index in [9.17, 15) is 26.4 Å². The highest BCUT2D eigenvalue weighted by molar-refractivity contribution is 7.90. The zero-order chi connectivity index (χ0) is 16.5. The third-order valence-corrected chi connectivity index (χ3v) is 5.23. The van der Waals surface area contributed by atoms with Gasteiger partial charge in [-0.2, -0.15) is 17.5 Å². The number of nitrogens with zero attached hydrogens (tertiary/aromatic N) is 1. The second-order valence-corrected chi connectivity index (χ2v) is 6.74. The molecule has 1 aliphatic heterocycles. The zero-order valence-electron chi connectivity index (χ0n) is 11.6. The van der Waals surface area contributed by atoms with E-state index >= 15 is 0 Å². The molecule has 1 heterocycles. The van der Waals surface area contributed by atoms with Gasteiger partial charge in [-0.05, 0) is 36.1 Å². The van der Waals surface area contributed by atoms with Crippen LogP contribution in [0.3, 0.4) is 0 Å². The van der Waals surface area contributed by atoms with E-state index in [-0.39, 0.29) is 23.4 Å². The van der Waals surface area contributed by atoms with E-state index in [1.54, 1.807) is 18.2 Å². The molecule has 0 radical (unpaired) electrons. The van der Waals surface area contributed by atoms with Crippen LogP contribution in [0.4, 0.5) is 13.2 Å². The fourth-order valence-corrected chi connectivity index (χ4v) is 3.51. The highest BCUT2D eigenvalue weighted by atomic mass is 32.2. The minimum Gasteiger partial charge on any atom is -0.497 e. The summed E-state index contributed by atoms with van der Waals surface area (Å²) < 4.78 is 66.7. The van der Waals surface area contributed by atoms with Crippen molar-refractivity contribution in [1.82, 2.24) is 4.31 Å². The summed E-state index contributed by atoms with van der Waals surface area (Å²) in [6, 6.07) is 3.52. The maximum atomic E-state index is 12.7. The average Bonchev–Trinajstić information content (AvgIpc) is 2.64. The Kier molecular flexibility index (Phi) is 4.48. The molecule has 0 saturated heterocycles. The fourth-order valence-electron chi connectivity index (χ4n) is 2.43. The van der Waals surface area contributed by atoms with Gasteiger partial charge in [0.15, 0.2) is 0 Å².